The van der Waals surface area contributed by atoms with Gasteiger partial charge in [0.15, 0.2) is 0 Å². The molecule has 2 aromatic rings. The van der Waals surface area contributed by atoms with Crippen LogP contribution in [-0.4, -0.2) is 23.3 Å². The predicted octanol–water partition coefficient (Wildman–Crippen LogP) is 4.47. The summed E-state index contributed by atoms with van der Waals surface area (Å²) in [5.41, 5.74) is -0.0511. The molecule has 3 rings (SSSR count). The van der Waals surface area contributed by atoms with Crippen LogP contribution in [0.3, 0.4) is 0 Å². The first-order valence-corrected chi connectivity index (χ1v) is 8.70. The number of amides is 1. The van der Waals surface area contributed by atoms with E-state index in [2.05, 4.69) is 20.8 Å². The number of benzene rings is 2. The Bertz CT molecular complexity index is 653. The molecule has 1 fully saturated rings. The Morgan fingerprint density at radius 1 is 0.920 bits per heavy atom. The monoisotopic (exact) mass is 339 g/mol. The highest BCUT2D eigenvalue weighted by Crippen LogP contribution is 2.35. The molecule has 1 heterocycles. The number of carbonyl (C=O) groups is 1. The van der Waals surface area contributed by atoms with Crippen LogP contribution in [0.2, 0.25) is 0 Å². The van der Waals surface area contributed by atoms with E-state index in [-0.39, 0.29) is 17.4 Å². The first kappa shape index (κ1) is 17.3. The minimum Gasteiger partial charge on any atom is -0.437 e. The minimum absolute atomic E-state index is 0.0511. The van der Waals surface area contributed by atoms with E-state index in [1.807, 2.05) is 60.7 Å². The van der Waals surface area contributed by atoms with Gasteiger partial charge in [-0.25, -0.2) is 0 Å². The van der Waals surface area contributed by atoms with E-state index in [4.69, 9.17) is 9.47 Å². The van der Waals surface area contributed by atoms with Crippen LogP contribution in [0, 0.1) is 5.41 Å². The second-order valence-electron chi connectivity index (χ2n) is 7.39. The lowest BCUT2D eigenvalue weighted by Gasteiger charge is -2.39. The zero-order valence-corrected chi connectivity index (χ0v) is 15.0. The third kappa shape index (κ3) is 4.13. The van der Waals surface area contributed by atoms with Crippen molar-refractivity contribution in [2.45, 2.75) is 46.1 Å². The molecule has 1 saturated heterocycles. The Balaban J connectivity index is 1.90. The molecule has 0 bridgehead atoms. The SMILES string of the molecule is CC(C)(C)C1CCC(=O)N1C(Oc1ccccc1)Oc1ccccc1. The highest BCUT2D eigenvalue weighted by Gasteiger charge is 2.44. The third-order valence-electron chi connectivity index (χ3n) is 4.44. The Morgan fingerprint density at radius 3 is 1.84 bits per heavy atom. The van der Waals surface area contributed by atoms with Gasteiger partial charge in [-0.1, -0.05) is 57.2 Å². The molecule has 132 valence electrons. The summed E-state index contributed by atoms with van der Waals surface area (Å²) in [6.45, 7) is 6.43. The molecule has 25 heavy (non-hydrogen) atoms. The third-order valence-corrected chi connectivity index (χ3v) is 4.44. The summed E-state index contributed by atoms with van der Waals surface area (Å²) >= 11 is 0. The van der Waals surface area contributed by atoms with Gasteiger partial charge in [0.25, 0.3) is 0 Å². The normalized spacial score (nSPS) is 17.8. The van der Waals surface area contributed by atoms with E-state index in [0.29, 0.717) is 17.9 Å². The van der Waals surface area contributed by atoms with Crippen LogP contribution in [0.1, 0.15) is 33.6 Å². The van der Waals surface area contributed by atoms with Crippen molar-refractivity contribution in [1.29, 1.82) is 0 Å². The average Bonchev–Trinajstić information content (AvgIpc) is 2.98. The fraction of sp³-hybridized carbons (Fsp3) is 0.381. The fourth-order valence-electron chi connectivity index (χ4n) is 3.19. The minimum atomic E-state index is -0.788. The molecule has 0 N–H and O–H groups in total. The maximum Gasteiger partial charge on any atom is 0.329 e. The van der Waals surface area contributed by atoms with Gasteiger partial charge in [0, 0.05) is 12.5 Å². The van der Waals surface area contributed by atoms with Gasteiger partial charge in [0.05, 0.1) is 0 Å². The standard InChI is InChI=1S/C21H25NO3/c1-21(2,3)18-14-15-19(23)22(18)20(24-16-10-6-4-7-11-16)25-17-12-8-5-9-13-17/h4-13,18,20H,14-15H2,1-3H3. The van der Waals surface area contributed by atoms with Crippen LogP contribution < -0.4 is 9.47 Å². The van der Waals surface area contributed by atoms with Gasteiger partial charge < -0.3 is 9.47 Å². The summed E-state index contributed by atoms with van der Waals surface area (Å²) < 4.78 is 12.2. The summed E-state index contributed by atoms with van der Waals surface area (Å²) in [5, 5.41) is 0. The number of hydrogen-bond donors (Lipinski definition) is 0. The quantitative estimate of drug-likeness (QED) is 0.755. The molecule has 4 heteroatoms. The summed E-state index contributed by atoms with van der Waals surface area (Å²) in [4.78, 5) is 14.4. The smallest absolute Gasteiger partial charge is 0.329 e. The molecule has 0 aliphatic carbocycles. The van der Waals surface area contributed by atoms with Crippen molar-refractivity contribution in [2.75, 3.05) is 0 Å². The van der Waals surface area contributed by atoms with E-state index in [1.165, 1.54) is 0 Å². The Hall–Kier alpha value is -2.49. The summed E-state index contributed by atoms with van der Waals surface area (Å²) in [6, 6.07) is 19.0. The van der Waals surface area contributed by atoms with E-state index in [9.17, 15) is 4.79 Å². The summed E-state index contributed by atoms with van der Waals surface area (Å²) in [5.74, 6) is 1.42. The summed E-state index contributed by atoms with van der Waals surface area (Å²) in [6.07, 6.45) is 0.549. The van der Waals surface area contributed by atoms with Gasteiger partial charge in [-0.15, -0.1) is 0 Å². The van der Waals surface area contributed by atoms with E-state index in [1.54, 1.807) is 4.90 Å². The van der Waals surface area contributed by atoms with Crippen molar-refractivity contribution in [1.82, 2.24) is 4.90 Å². The first-order chi connectivity index (χ1) is 11.9. The van der Waals surface area contributed by atoms with E-state index < -0.39 is 6.41 Å². The molecule has 0 aromatic heterocycles. The second kappa shape index (κ2) is 7.18. The molecule has 0 saturated carbocycles. The van der Waals surface area contributed by atoms with Crippen LogP contribution in [0.4, 0.5) is 0 Å². The Labute approximate surface area is 149 Å². The predicted molar refractivity (Wildman–Crippen MR) is 97.3 cm³/mol. The molecule has 1 aliphatic heterocycles. The lowest BCUT2D eigenvalue weighted by Crippen LogP contribution is -2.52. The van der Waals surface area contributed by atoms with E-state index >= 15 is 0 Å². The molecule has 0 radical (unpaired) electrons. The van der Waals surface area contributed by atoms with Crippen LogP contribution in [0.5, 0.6) is 11.5 Å². The van der Waals surface area contributed by atoms with Gasteiger partial charge in [0.2, 0.25) is 5.91 Å². The van der Waals surface area contributed by atoms with Crippen molar-refractivity contribution in [3.05, 3.63) is 60.7 Å². The number of rotatable bonds is 5. The molecule has 1 aliphatic rings. The van der Waals surface area contributed by atoms with Crippen molar-refractivity contribution in [3.8, 4) is 11.5 Å². The molecular formula is C21H25NO3. The Morgan fingerprint density at radius 2 is 1.40 bits per heavy atom. The number of hydrogen-bond acceptors (Lipinski definition) is 3. The number of carbonyl (C=O) groups excluding carboxylic acids is 1. The van der Waals surface area contributed by atoms with Gasteiger partial charge >= 0.3 is 6.41 Å². The van der Waals surface area contributed by atoms with Crippen molar-refractivity contribution >= 4 is 5.91 Å². The van der Waals surface area contributed by atoms with Crippen molar-refractivity contribution < 1.29 is 14.3 Å². The molecule has 1 amide bonds. The van der Waals surface area contributed by atoms with E-state index in [0.717, 1.165) is 6.42 Å². The maximum absolute atomic E-state index is 12.6. The number of likely N-dealkylation sites (tertiary alicyclic amines) is 1. The van der Waals surface area contributed by atoms with Crippen LogP contribution >= 0.6 is 0 Å². The average molecular weight is 339 g/mol. The van der Waals surface area contributed by atoms with Crippen LogP contribution in [0.25, 0.3) is 0 Å². The topological polar surface area (TPSA) is 38.8 Å². The largest absolute Gasteiger partial charge is 0.437 e. The second-order valence-corrected chi connectivity index (χ2v) is 7.39. The maximum atomic E-state index is 12.6. The molecule has 2 aromatic carbocycles. The van der Waals surface area contributed by atoms with Crippen molar-refractivity contribution in [2.24, 2.45) is 5.41 Å². The lowest BCUT2D eigenvalue weighted by molar-refractivity contribution is -0.166. The van der Waals surface area contributed by atoms with Gasteiger partial charge in [-0.2, -0.15) is 0 Å². The number of para-hydroxylation sites is 2. The number of nitrogens with zero attached hydrogens (tertiary/aromatic N) is 1. The number of ether oxygens (including phenoxy) is 2. The zero-order valence-electron chi connectivity index (χ0n) is 15.0. The highest BCUT2D eigenvalue weighted by atomic mass is 16.7. The van der Waals surface area contributed by atoms with Crippen molar-refractivity contribution in [3.63, 3.8) is 0 Å². The fourth-order valence-corrected chi connectivity index (χ4v) is 3.19. The van der Waals surface area contributed by atoms with Gasteiger partial charge in [0.1, 0.15) is 11.5 Å². The highest BCUT2D eigenvalue weighted by molar-refractivity contribution is 5.79. The molecule has 0 spiro atoms. The first-order valence-electron chi connectivity index (χ1n) is 8.70. The summed E-state index contributed by atoms with van der Waals surface area (Å²) in [7, 11) is 0. The van der Waals surface area contributed by atoms with Crippen LogP contribution in [-0.2, 0) is 4.79 Å². The van der Waals surface area contributed by atoms with Gasteiger partial charge in [-0.05, 0) is 36.1 Å². The lowest BCUT2D eigenvalue weighted by atomic mass is 9.85. The Kier molecular flexibility index (Phi) is 4.98. The zero-order chi connectivity index (χ0) is 17.9. The molecule has 1 atom stereocenters. The molecular weight excluding hydrogens is 314 g/mol. The van der Waals surface area contributed by atoms with Gasteiger partial charge in [-0.3, -0.25) is 9.69 Å². The molecule has 1 unspecified atom stereocenters. The van der Waals surface area contributed by atoms with Crippen LogP contribution in [0.15, 0.2) is 60.7 Å². The molecule has 4 nitrogen and oxygen atoms in total.